The average Bonchev–Trinajstić information content (AvgIpc) is 2.24. The number of thioether (sulfide) groups is 1. The number of carboxylic acid groups (broad SMARTS) is 1. The molecule has 0 radical (unpaired) electrons. The van der Waals surface area contributed by atoms with Crippen LogP contribution in [0.5, 0.6) is 0 Å². The molecule has 0 aromatic heterocycles. The molecule has 0 heterocycles. The Morgan fingerprint density at radius 1 is 1.50 bits per heavy atom. The van der Waals surface area contributed by atoms with Gasteiger partial charge in [0.05, 0.1) is 6.42 Å². The highest BCUT2D eigenvalue weighted by molar-refractivity contribution is 8.00. The molecule has 0 aromatic rings. The molecule has 8 heteroatoms. The maximum atomic E-state index is 11.9. The summed E-state index contributed by atoms with van der Waals surface area (Å²) in [5.41, 5.74) is 0. The smallest absolute Gasteiger partial charge is 0.304 e. The van der Waals surface area contributed by atoms with Gasteiger partial charge in [-0.25, -0.2) is 4.72 Å². The molecular weight excluding hydrogens is 276 g/mol. The van der Waals surface area contributed by atoms with Crippen LogP contribution in [0, 0.1) is 0 Å². The van der Waals surface area contributed by atoms with Gasteiger partial charge in [0, 0.05) is 24.9 Å². The number of hydrogen-bond donors (Lipinski definition) is 2. The molecule has 0 spiro atoms. The molecule has 0 bridgehead atoms. The van der Waals surface area contributed by atoms with Crippen molar-refractivity contribution in [3.8, 4) is 0 Å². The average molecular weight is 296 g/mol. The highest BCUT2D eigenvalue weighted by Gasteiger charge is 2.37. The Hall–Kier alpha value is -0.310. The van der Waals surface area contributed by atoms with Gasteiger partial charge in [0.25, 0.3) is 10.2 Å². The zero-order valence-corrected chi connectivity index (χ0v) is 12.3. The minimum atomic E-state index is -3.57. The van der Waals surface area contributed by atoms with Crippen molar-refractivity contribution in [2.45, 2.75) is 30.4 Å². The summed E-state index contributed by atoms with van der Waals surface area (Å²) in [5, 5.41) is 8.53. The van der Waals surface area contributed by atoms with Crippen LogP contribution in [0.4, 0.5) is 0 Å². The van der Waals surface area contributed by atoms with Crippen molar-refractivity contribution in [1.29, 1.82) is 0 Å². The first-order valence-electron chi connectivity index (χ1n) is 5.79. The summed E-state index contributed by atoms with van der Waals surface area (Å²) in [6.45, 7) is 0.394. The van der Waals surface area contributed by atoms with E-state index in [-0.39, 0.29) is 17.7 Å². The number of aliphatic carboxylic acids is 1. The molecule has 18 heavy (non-hydrogen) atoms. The minimum absolute atomic E-state index is 0.0169. The zero-order valence-electron chi connectivity index (χ0n) is 10.7. The van der Waals surface area contributed by atoms with E-state index in [1.54, 1.807) is 11.8 Å². The Morgan fingerprint density at radius 2 is 2.11 bits per heavy atom. The number of hydrogen-bond acceptors (Lipinski definition) is 4. The number of rotatable bonds is 8. The van der Waals surface area contributed by atoms with Gasteiger partial charge in [-0.15, -0.1) is 0 Å². The van der Waals surface area contributed by atoms with Crippen molar-refractivity contribution >= 4 is 27.9 Å². The molecule has 1 aliphatic rings. The number of nitrogens with zero attached hydrogens (tertiary/aromatic N) is 1. The van der Waals surface area contributed by atoms with Gasteiger partial charge >= 0.3 is 5.97 Å². The van der Waals surface area contributed by atoms with Gasteiger partial charge in [0.15, 0.2) is 0 Å². The summed E-state index contributed by atoms with van der Waals surface area (Å²) in [5.74, 6) is -1.00. The fraction of sp³-hybridized carbons (Fsp3) is 0.900. The predicted octanol–water partition coefficient (Wildman–Crippen LogP) is 0.513. The van der Waals surface area contributed by atoms with E-state index in [9.17, 15) is 13.2 Å². The second kappa shape index (κ2) is 6.23. The Morgan fingerprint density at radius 3 is 2.50 bits per heavy atom. The fourth-order valence-electron chi connectivity index (χ4n) is 1.73. The predicted molar refractivity (Wildman–Crippen MR) is 71.9 cm³/mol. The molecule has 0 atom stereocenters. The van der Waals surface area contributed by atoms with Crippen LogP contribution in [0.25, 0.3) is 0 Å². The summed E-state index contributed by atoms with van der Waals surface area (Å²) >= 11 is 1.69. The molecule has 1 saturated carbocycles. The van der Waals surface area contributed by atoms with Crippen LogP contribution in [0.15, 0.2) is 0 Å². The lowest BCUT2D eigenvalue weighted by Crippen LogP contribution is -2.48. The van der Waals surface area contributed by atoms with E-state index in [0.29, 0.717) is 6.54 Å². The molecule has 0 unspecified atom stereocenters. The molecule has 1 aliphatic carbocycles. The molecule has 6 nitrogen and oxygen atoms in total. The van der Waals surface area contributed by atoms with Gasteiger partial charge in [0.1, 0.15) is 0 Å². The Bertz CT molecular complexity index is 387. The van der Waals surface area contributed by atoms with Crippen molar-refractivity contribution in [1.82, 2.24) is 9.03 Å². The summed E-state index contributed by atoms with van der Waals surface area (Å²) in [6.07, 6.45) is 4.98. The largest absolute Gasteiger partial charge is 0.481 e. The molecule has 2 N–H and O–H groups in total. The number of carbonyl (C=O) groups is 1. The maximum Gasteiger partial charge on any atom is 0.304 e. The van der Waals surface area contributed by atoms with Crippen LogP contribution >= 0.6 is 11.8 Å². The van der Waals surface area contributed by atoms with Crippen molar-refractivity contribution in [2.75, 3.05) is 26.4 Å². The third-order valence-electron chi connectivity index (χ3n) is 3.33. The van der Waals surface area contributed by atoms with Crippen LogP contribution in [0.1, 0.15) is 25.7 Å². The summed E-state index contributed by atoms with van der Waals surface area (Å²) in [6, 6.07) is 0. The zero-order chi connectivity index (χ0) is 13.8. The van der Waals surface area contributed by atoms with Gasteiger partial charge in [-0.1, -0.05) is 6.42 Å². The molecule has 0 saturated heterocycles. The monoisotopic (exact) mass is 296 g/mol. The van der Waals surface area contributed by atoms with Crippen molar-refractivity contribution in [3.63, 3.8) is 0 Å². The van der Waals surface area contributed by atoms with Crippen molar-refractivity contribution in [2.24, 2.45) is 0 Å². The lowest BCUT2D eigenvalue weighted by atomic mass is 9.84. The lowest BCUT2D eigenvalue weighted by molar-refractivity contribution is -0.137. The Balaban J connectivity index is 2.46. The molecular formula is C10H20N2O4S2. The van der Waals surface area contributed by atoms with Crippen molar-refractivity contribution in [3.05, 3.63) is 0 Å². The molecule has 0 amide bonds. The summed E-state index contributed by atoms with van der Waals surface area (Å²) in [4.78, 5) is 10.4. The third-order valence-corrected chi connectivity index (χ3v) is 6.26. The van der Waals surface area contributed by atoms with Crippen LogP contribution in [-0.4, -0.2) is 54.9 Å². The lowest BCUT2D eigenvalue weighted by Gasteiger charge is -2.40. The molecule has 0 aliphatic heterocycles. The Labute approximate surface area is 112 Å². The van der Waals surface area contributed by atoms with Gasteiger partial charge in [0.2, 0.25) is 0 Å². The first-order chi connectivity index (χ1) is 8.31. The summed E-state index contributed by atoms with van der Waals surface area (Å²) in [7, 11) is -2.18. The van der Waals surface area contributed by atoms with Crippen LogP contribution in [-0.2, 0) is 15.0 Å². The Kier molecular flexibility index (Phi) is 5.45. The molecule has 0 aromatic carbocycles. The molecule has 1 rings (SSSR count). The van der Waals surface area contributed by atoms with E-state index in [1.807, 2.05) is 6.26 Å². The molecule has 1 fully saturated rings. The van der Waals surface area contributed by atoms with Crippen molar-refractivity contribution < 1.29 is 18.3 Å². The van der Waals surface area contributed by atoms with E-state index in [4.69, 9.17) is 5.11 Å². The maximum absolute atomic E-state index is 11.9. The second-order valence-electron chi connectivity index (χ2n) is 4.53. The van der Waals surface area contributed by atoms with Crippen LogP contribution < -0.4 is 4.72 Å². The normalized spacial score (nSPS) is 18.6. The standard InChI is InChI=1S/C10H20N2O4S2/c1-12(7-4-9(13)14)18(15,16)11-8-10(17-2)5-3-6-10/h11H,3-8H2,1-2H3,(H,13,14). The highest BCUT2D eigenvalue weighted by atomic mass is 32.2. The minimum Gasteiger partial charge on any atom is -0.481 e. The van der Waals surface area contributed by atoms with E-state index >= 15 is 0 Å². The van der Waals surface area contributed by atoms with Gasteiger partial charge in [-0.05, 0) is 19.1 Å². The SMILES string of the molecule is CSC1(CNS(=O)(=O)N(C)CCC(=O)O)CCC1. The number of nitrogens with one attached hydrogen (secondary N) is 1. The van der Waals surface area contributed by atoms with Crippen LogP contribution in [0.3, 0.4) is 0 Å². The topological polar surface area (TPSA) is 86.7 Å². The number of carboxylic acids is 1. The first kappa shape index (κ1) is 15.7. The van der Waals surface area contributed by atoms with Crippen LogP contribution in [0.2, 0.25) is 0 Å². The first-order valence-corrected chi connectivity index (χ1v) is 8.46. The van der Waals surface area contributed by atoms with E-state index in [0.717, 1.165) is 23.6 Å². The summed E-state index contributed by atoms with van der Waals surface area (Å²) < 4.78 is 27.4. The van der Waals surface area contributed by atoms with Gasteiger partial charge < -0.3 is 5.11 Å². The highest BCUT2D eigenvalue weighted by Crippen LogP contribution is 2.42. The van der Waals surface area contributed by atoms with E-state index in [1.165, 1.54) is 7.05 Å². The molecule has 106 valence electrons. The van der Waals surface area contributed by atoms with Gasteiger partial charge in [-0.3, -0.25) is 4.79 Å². The van der Waals surface area contributed by atoms with Gasteiger partial charge in [-0.2, -0.15) is 24.5 Å². The van der Waals surface area contributed by atoms with E-state index < -0.39 is 16.2 Å². The third kappa shape index (κ3) is 4.11. The second-order valence-corrected chi connectivity index (χ2v) is 7.67. The van der Waals surface area contributed by atoms with E-state index in [2.05, 4.69) is 4.72 Å². The quantitative estimate of drug-likeness (QED) is 0.681. The fourth-order valence-corrected chi connectivity index (χ4v) is 3.75.